The molecule has 82 valence electrons. The van der Waals surface area contributed by atoms with E-state index in [1.54, 1.807) is 0 Å². The van der Waals surface area contributed by atoms with Crippen LogP contribution in [0.2, 0.25) is 0 Å². The molecule has 1 rings (SSSR count). The van der Waals surface area contributed by atoms with Crippen molar-refractivity contribution in [3.8, 4) is 0 Å². The van der Waals surface area contributed by atoms with Crippen molar-refractivity contribution >= 4 is 11.9 Å². The van der Waals surface area contributed by atoms with E-state index in [0.717, 1.165) is 29.3 Å². The van der Waals surface area contributed by atoms with Crippen LogP contribution >= 0.6 is 0 Å². The molecule has 1 heterocycles. The lowest BCUT2D eigenvalue weighted by atomic mass is 10.1. The summed E-state index contributed by atoms with van der Waals surface area (Å²) in [6, 6.07) is 0. The zero-order valence-corrected chi connectivity index (χ0v) is 10.2. The summed E-state index contributed by atoms with van der Waals surface area (Å²) >= 11 is 0. The topological polar surface area (TPSA) is 38.1 Å². The van der Waals surface area contributed by atoms with Crippen LogP contribution in [0.15, 0.2) is 4.99 Å². The molecule has 0 aliphatic heterocycles. The highest BCUT2D eigenvalue weighted by Crippen LogP contribution is 2.20. The van der Waals surface area contributed by atoms with Crippen molar-refractivity contribution in [3.63, 3.8) is 0 Å². The van der Waals surface area contributed by atoms with E-state index in [-0.39, 0.29) is 0 Å². The predicted molar refractivity (Wildman–Crippen MR) is 63.9 cm³/mol. The smallest absolute Gasteiger partial charge is 0.125 e. The third-order valence-corrected chi connectivity index (χ3v) is 2.45. The molecule has 0 bridgehead atoms. The maximum atomic E-state index is 4.47. The van der Waals surface area contributed by atoms with Crippen LogP contribution in [0.3, 0.4) is 0 Å². The SMILES string of the molecule is CCC(C)/C=N\c1c(C)nc(C)nc1C. The number of aliphatic imine (C=N–C) groups is 1. The molecule has 0 saturated heterocycles. The Hall–Kier alpha value is -1.25. The number of hydrogen-bond acceptors (Lipinski definition) is 3. The molecular weight excluding hydrogens is 186 g/mol. The first-order valence-electron chi connectivity index (χ1n) is 5.40. The van der Waals surface area contributed by atoms with Gasteiger partial charge in [0.1, 0.15) is 11.5 Å². The number of aryl methyl sites for hydroxylation is 3. The summed E-state index contributed by atoms with van der Waals surface area (Å²) in [6.45, 7) is 10.2. The lowest BCUT2D eigenvalue weighted by Gasteiger charge is -2.05. The van der Waals surface area contributed by atoms with Crippen molar-refractivity contribution in [1.29, 1.82) is 0 Å². The fraction of sp³-hybridized carbons (Fsp3) is 0.583. The van der Waals surface area contributed by atoms with Crippen LogP contribution < -0.4 is 0 Å². The fourth-order valence-electron chi connectivity index (χ4n) is 1.37. The first-order chi connectivity index (χ1) is 7.04. The second-order valence-electron chi connectivity index (χ2n) is 3.95. The van der Waals surface area contributed by atoms with E-state index in [1.807, 2.05) is 27.0 Å². The molecule has 15 heavy (non-hydrogen) atoms. The Morgan fingerprint density at radius 3 is 2.20 bits per heavy atom. The molecule has 0 aromatic carbocycles. The average Bonchev–Trinajstić information content (AvgIpc) is 2.15. The van der Waals surface area contributed by atoms with Gasteiger partial charge in [-0.15, -0.1) is 0 Å². The minimum absolute atomic E-state index is 0.505. The highest BCUT2D eigenvalue weighted by Gasteiger charge is 2.04. The van der Waals surface area contributed by atoms with Crippen molar-refractivity contribution in [3.05, 3.63) is 17.2 Å². The van der Waals surface area contributed by atoms with Crippen molar-refractivity contribution in [2.75, 3.05) is 0 Å². The average molecular weight is 205 g/mol. The van der Waals surface area contributed by atoms with Gasteiger partial charge >= 0.3 is 0 Å². The van der Waals surface area contributed by atoms with Crippen molar-refractivity contribution in [2.45, 2.75) is 41.0 Å². The third kappa shape index (κ3) is 3.11. The van der Waals surface area contributed by atoms with Gasteiger partial charge in [0.15, 0.2) is 0 Å². The van der Waals surface area contributed by atoms with Crippen LogP contribution in [0.4, 0.5) is 5.69 Å². The molecule has 0 spiro atoms. The Kier molecular flexibility index (Phi) is 3.95. The Balaban J connectivity index is 3.00. The Morgan fingerprint density at radius 2 is 1.73 bits per heavy atom. The first-order valence-corrected chi connectivity index (χ1v) is 5.40. The van der Waals surface area contributed by atoms with Crippen LogP contribution in [-0.4, -0.2) is 16.2 Å². The maximum Gasteiger partial charge on any atom is 0.125 e. The van der Waals surface area contributed by atoms with Crippen molar-refractivity contribution in [2.24, 2.45) is 10.9 Å². The summed E-state index contributed by atoms with van der Waals surface area (Å²) in [5, 5.41) is 0. The highest BCUT2D eigenvalue weighted by atomic mass is 14.9. The quantitative estimate of drug-likeness (QED) is 0.711. The Bertz CT molecular complexity index is 346. The first kappa shape index (κ1) is 11.8. The monoisotopic (exact) mass is 205 g/mol. The van der Waals surface area contributed by atoms with E-state index in [9.17, 15) is 0 Å². The van der Waals surface area contributed by atoms with E-state index in [4.69, 9.17) is 0 Å². The summed E-state index contributed by atoms with van der Waals surface area (Å²) < 4.78 is 0. The molecule has 3 nitrogen and oxygen atoms in total. The van der Waals surface area contributed by atoms with Gasteiger partial charge in [0, 0.05) is 6.21 Å². The molecule has 1 aromatic heterocycles. The summed E-state index contributed by atoms with van der Waals surface area (Å²) in [4.78, 5) is 13.1. The van der Waals surface area contributed by atoms with Crippen LogP contribution in [0, 0.1) is 26.7 Å². The van der Waals surface area contributed by atoms with E-state index in [0.29, 0.717) is 5.92 Å². The molecule has 0 aliphatic rings. The van der Waals surface area contributed by atoms with Gasteiger partial charge in [-0.1, -0.05) is 13.8 Å². The van der Waals surface area contributed by atoms with E-state index in [1.165, 1.54) is 0 Å². The van der Waals surface area contributed by atoms with Gasteiger partial charge in [0.2, 0.25) is 0 Å². The van der Waals surface area contributed by atoms with Crippen LogP contribution in [0.25, 0.3) is 0 Å². The number of rotatable bonds is 3. The van der Waals surface area contributed by atoms with Gasteiger partial charge in [0.25, 0.3) is 0 Å². The van der Waals surface area contributed by atoms with E-state index in [2.05, 4.69) is 28.8 Å². The highest BCUT2D eigenvalue weighted by molar-refractivity contribution is 5.66. The van der Waals surface area contributed by atoms with Gasteiger partial charge in [-0.25, -0.2) is 9.97 Å². The van der Waals surface area contributed by atoms with Gasteiger partial charge in [0.05, 0.1) is 11.4 Å². The zero-order chi connectivity index (χ0) is 11.4. The second kappa shape index (κ2) is 5.01. The predicted octanol–water partition coefficient (Wildman–Crippen LogP) is 3.15. The molecule has 0 saturated carbocycles. The van der Waals surface area contributed by atoms with E-state index >= 15 is 0 Å². The molecule has 0 amide bonds. The zero-order valence-electron chi connectivity index (χ0n) is 10.2. The molecule has 3 heteroatoms. The van der Waals surface area contributed by atoms with Crippen molar-refractivity contribution in [1.82, 2.24) is 9.97 Å². The normalized spacial score (nSPS) is 13.4. The maximum absolute atomic E-state index is 4.47. The lowest BCUT2D eigenvalue weighted by Crippen LogP contribution is -1.97. The molecule has 1 unspecified atom stereocenters. The second-order valence-corrected chi connectivity index (χ2v) is 3.95. The van der Waals surface area contributed by atoms with Crippen LogP contribution in [-0.2, 0) is 0 Å². The summed E-state index contributed by atoms with van der Waals surface area (Å²) in [6.07, 6.45) is 3.09. The number of nitrogens with zero attached hydrogens (tertiary/aromatic N) is 3. The van der Waals surface area contributed by atoms with Gasteiger partial charge in [-0.05, 0) is 33.1 Å². The molecule has 0 N–H and O–H groups in total. The summed E-state index contributed by atoms with van der Waals surface area (Å²) in [5.41, 5.74) is 2.83. The largest absolute Gasteiger partial charge is 0.257 e. The molecule has 1 aromatic rings. The number of hydrogen-bond donors (Lipinski definition) is 0. The van der Waals surface area contributed by atoms with Gasteiger partial charge < -0.3 is 0 Å². The minimum Gasteiger partial charge on any atom is -0.257 e. The van der Waals surface area contributed by atoms with Gasteiger partial charge in [-0.2, -0.15) is 0 Å². The molecule has 1 atom stereocenters. The Morgan fingerprint density at radius 1 is 1.20 bits per heavy atom. The number of aromatic nitrogens is 2. The fourth-order valence-corrected chi connectivity index (χ4v) is 1.37. The van der Waals surface area contributed by atoms with Crippen LogP contribution in [0.5, 0.6) is 0 Å². The van der Waals surface area contributed by atoms with Crippen LogP contribution in [0.1, 0.15) is 37.5 Å². The van der Waals surface area contributed by atoms with Crippen molar-refractivity contribution < 1.29 is 0 Å². The molecular formula is C12H19N3. The van der Waals surface area contributed by atoms with Gasteiger partial charge in [-0.3, -0.25) is 4.99 Å². The standard InChI is InChI=1S/C12H19N3/c1-6-8(2)7-13-12-9(3)14-11(5)15-10(12)4/h7-8H,6H2,1-5H3/b13-7-. The summed E-state index contributed by atoms with van der Waals surface area (Å²) in [5.74, 6) is 1.32. The lowest BCUT2D eigenvalue weighted by molar-refractivity contribution is 0.754. The third-order valence-electron chi connectivity index (χ3n) is 2.45. The molecule has 0 fully saturated rings. The van der Waals surface area contributed by atoms with E-state index < -0.39 is 0 Å². The molecule has 0 radical (unpaired) electrons. The minimum atomic E-state index is 0.505. The Labute approximate surface area is 91.7 Å². The summed E-state index contributed by atoms with van der Waals surface area (Å²) in [7, 11) is 0. The molecule has 0 aliphatic carbocycles.